The van der Waals surface area contributed by atoms with Gasteiger partial charge in [0.25, 0.3) is 5.91 Å². The molecule has 28 heavy (non-hydrogen) atoms. The van der Waals surface area contributed by atoms with Crippen molar-refractivity contribution in [2.24, 2.45) is 5.92 Å². The van der Waals surface area contributed by atoms with E-state index < -0.39 is 0 Å². The minimum absolute atomic E-state index is 0.0302. The molecule has 144 valence electrons. The molecule has 1 fully saturated rings. The molecule has 0 unspecified atom stereocenters. The standard InChI is InChI=1S/C22H22ClN3O2/c23-19-6-8-20(9-7-19)26-15-18(14-24-26)22(27)25-12-10-17(11-13-25)16-28-21-4-2-1-3-5-21/h1-9,14-15,17H,10-13,16H2. The number of ether oxygens (including phenoxy) is 1. The van der Waals surface area contributed by atoms with Gasteiger partial charge in [0.1, 0.15) is 5.75 Å². The van der Waals surface area contributed by atoms with Gasteiger partial charge in [0.2, 0.25) is 0 Å². The van der Waals surface area contributed by atoms with Gasteiger partial charge in [-0.05, 0) is 55.2 Å². The third-order valence-corrected chi connectivity index (χ3v) is 5.30. The molecule has 1 saturated heterocycles. The maximum absolute atomic E-state index is 12.8. The predicted octanol–water partition coefficient (Wildman–Crippen LogP) is 4.46. The van der Waals surface area contributed by atoms with Gasteiger partial charge in [-0.1, -0.05) is 29.8 Å². The van der Waals surface area contributed by atoms with Crippen molar-refractivity contribution in [1.29, 1.82) is 0 Å². The maximum atomic E-state index is 12.8. The van der Waals surface area contributed by atoms with Crippen LogP contribution in [0.3, 0.4) is 0 Å². The molecule has 5 nitrogen and oxygen atoms in total. The van der Waals surface area contributed by atoms with Crippen molar-refractivity contribution in [3.63, 3.8) is 0 Å². The maximum Gasteiger partial charge on any atom is 0.257 e. The summed E-state index contributed by atoms with van der Waals surface area (Å²) in [6.45, 7) is 2.18. The van der Waals surface area contributed by atoms with Crippen LogP contribution < -0.4 is 4.74 Å². The number of para-hydroxylation sites is 1. The second-order valence-corrected chi connectivity index (χ2v) is 7.45. The number of hydrogen-bond donors (Lipinski definition) is 0. The van der Waals surface area contributed by atoms with Crippen LogP contribution in [-0.2, 0) is 0 Å². The summed E-state index contributed by atoms with van der Waals surface area (Å²) >= 11 is 5.93. The van der Waals surface area contributed by atoms with Gasteiger partial charge in [-0.2, -0.15) is 5.10 Å². The number of carbonyl (C=O) groups excluding carboxylic acids is 1. The Balaban J connectivity index is 1.31. The molecule has 0 N–H and O–H groups in total. The molecule has 4 rings (SSSR count). The quantitative estimate of drug-likeness (QED) is 0.641. The van der Waals surface area contributed by atoms with Crippen LogP contribution in [0, 0.1) is 5.92 Å². The Morgan fingerprint density at radius 2 is 1.79 bits per heavy atom. The molecule has 1 amide bonds. The van der Waals surface area contributed by atoms with E-state index in [4.69, 9.17) is 16.3 Å². The van der Waals surface area contributed by atoms with E-state index in [9.17, 15) is 4.79 Å². The van der Waals surface area contributed by atoms with Crippen LogP contribution >= 0.6 is 11.6 Å². The van der Waals surface area contributed by atoms with Crippen molar-refractivity contribution in [2.75, 3.05) is 19.7 Å². The van der Waals surface area contributed by atoms with E-state index in [1.807, 2.05) is 59.5 Å². The lowest BCUT2D eigenvalue weighted by molar-refractivity contribution is 0.0661. The second kappa shape index (κ2) is 8.48. The molecule has 0 aliphatic carbocycles. The summed E-state index contributed by atoms with van der Waals surface area (Å²) in [5.41, 5.74) is 1.48. The first-order chi connectivity index (χ1) is 13.7. The number of halogens is 1. The third-order valence-electron chi connectivity index (χ3n) is 5.05. The van der Waals surface area contributed by atoms with Gasteiger partial charge in [-0.15, -0.1) is 0 Å². The fraction of sp³-hybridized carbons (Fsp3) is 0.273. The first-order valence-corrected chi connectivity index (χ1v) is 9.84. The lowest BCUT2D eigenvalue weighted by Crippen LogP contribution is -2.39. The number of nitrogens with zero attached hydrogens (tertiary/aromatic N) is 3. The van der Waals surface area contributed by atoms with Gasteiger partial charge in [0.05, 0.1) is 24.1 Å². The minimum atomic E-state index is 0.0302. The largest absolute Gasteiger partial charge is 0.493 e. The molecule has 1 aliphatic heterocycles. The van der Waals surface area contributed by atoms with Crippen molar-refractivity contribution in [1.82, 2.24) is 14.7 Å². The highest BCUT2D eigenvalue weighted by atomic mass is 35.5. The molecule has 0 spiro atoms. The molecule has 3 aromatic rings. The number of aromatic nitrogens is 2. The molecular weight excluding hydrogens is 374 g/mol. The van der Waals surface area contributed by atoms with Gasteiger partial charge >= 0.3 is 0 Å². The lowest BCUT2D eigenvalue weighted by Gasteiger charge is -2.31. The monoisotopic (exact) mass is 395 g/mol. The number of benzene rings is 2. The Morgan fingerprint density at radius 1 is 1.07 bits per heavy atom. The van der Waals surface area contributed by atoms with Crippen molar-refractivity contribution in [2.45, 2.75) is 12.8 Å². The summed E-state index contributed by atoms with van der Waals surface area (Å²) in [4.78, 5) is 14.7. The SMILES string of the molecule is O=C(c1cnn(-c2ccc(Cl)cc2)c1)N1CCC(COc2ccccc2)CC1. The molecular formula is C22H22ClN3O2. The fourth-order valence-electron chi connectivity index (χ4n) is 3.38. The topological polar surface area (TPSA) is 47.4 Å². The van der Waals surface area contributed by atoms with Gasteiger partial charge in [-0.3, -0.25) is 4.79 Å². The van der Waals surface area contributed by atoms with Crippen LogP contribution in [0.2, 0.25) is 5.02 Å². The summed E-state index contributed by atoms with van der Waals surface area (Å²) < 4.78 is 7.56. The lowest BCUT2D eigenvalue weighted by atomic mass is 9.97. The number of piperidine rings is 1. The van der Waals surface area contributed by atoms with E-state index in [1.54, 1.807) is 17.1 Å². The molecule has 0 atom stereocenters. The second-order valence-electron chi connectivity index (χ2n) is 7.01. The normalized spacial score (nSPS) is 14.8. The zero-order chi connectivity index (χ0) is 19.3. The summed E-state index contributed by atoms with van der Waals surface area (Å²) in [7, 11) is 0. The Labute approximate surface area is 169 Å². The summed E-state index contributed by atoms with van der Waals surface area (Å²) in [6, 6.07) is 17.2. The first kappa shape index (κ1) is 18.6. The number of rotatable bonds is 5. The third kappa shape index (κ3) is 4.37. The van der Waals surface area contributed by atoms with Crippen molar-refractivity contribution in [3.8, 4) is 11.4 Å². The fourth-order valence-corrected chi connectivity index (χ4v) is 3.51. The molecule has 0 bridgehead atoms. The molecule has 0 saturated carbocycles. The van der Waals surface area contributed by atoms with Crippen LogP contribution in [0.25, 0.3) is 5.69 Å². The van der Waals surface area contributed by atoms with Crippen molar-refractivity contribution in [3.05, 3.63) is 77.6 Å². The van der Waals surface area contributed by atoms with Gasteiger partial charge in [0.15, 0.2) is 0 Å². The van der Waals surface area contributed by atoms with Crippen LogP contribution in [0.15, 0.2) is 67.0 Å². The van der Waals surface area contributed by atoms with E-state index in [1.165, 1.54) is 0 Å². The van der Waals surface area contributed by atoms with E-state index in [2.05, 4.69) is 5.10 Å². The molecule has 2 heterocycles. The van der Waals surface area contributed by atoms with E-state index in [0.717, 1.165) is 37.4 Å². The highest BCUT2D eigenvalue weighted by molar-refractivity contribution is 6.30. The predicted molar refractivity (Wildman–Crippen MR) is 109 cm³/mol. The molecule has 1 aromatic heterocycles. The number of carbonyl (C=O) groups is 1. The average Bonchev–Trinajstić information content (AvgIpc) is 3.24. The van der Waals surface area contributed by atoms with Crippen molar-refractivity contribution < 1.29 is 9.53 Å². The summed E-state index contributed by atoms with van der Waals surface area (Å²) in [5.74, 6) is 1.40. The van der Waals surface area contributed by atoms with E-state index in [0.29, 0.717) is 23.1 Å². The van der Waals surface area contributed by atoms with Crippen LogP contribution in [-0.4, -0.2) is 40.3 Å². The van der Waals surface area contributed by atoms with Crippen molar-refractivity contribution >= 4 is 17.5 Å². The van der Waals surface area contributed by atoms with Gasteiger partial charge in [-0.25, -0.2) is 4.68 Å². The summed E-state index contributed by atoms with van der Waals surface area (Å²) in [5, 5.41) is 4.99. The van der Waals surface area contributed by atoms with Gasteiger partial charge in [0, 0.05) is 24.3 Å². The zero-order valence-corrected chi connectivity index (χ0v) is 16.3. The number of amides is 1. The smallest absolute Gasteiger partial charge is 0.257 e. The van der Waals surface area contributed by atoms with Gasteiger partial charge < -0.3 is 9.64 Å². The average molecular weight is 396 g/mol. The van der Waals surface area contributed by atoms with E-state index in [-0.39, 0.29) is 5.91 Å². The first-order valence-electron chi connectivity index (χ1n) is 9.47. The van der Waals surface area contributed by atoms with Crippen LogP contribution in [0.4, 0.5) is 0 Å². The minimum Gasteiger partial charge on any atom is -0.493 e. The molecule has 0 radical (unpaired) electrons. The Bertz CT molecular complexity index is 916. The van der Waals surface area contributed by atoms with Crippen LogP contribution in [0.1, 0.15) is 23.2 Å². The molecule has 6 heteroatoms. The number of hydrogen-bond acceptors (Lipinski definition) is 3. The molecule has 2 aromatic carbocycles. The van der Waals surface area contributed by atoms with Crippen LogP contribution in [0.5, 0.6) is 5.75 Å². The zero-order valence-electron chi connectivity index (χ0n) is 15.5. The highest BCUT2D eigenvalue weighted by Gasteiger charge is 2.25. The molecule has 1 aliphatic rings. The Morgan fingerprint density at radius 3 is 2.50 bits per heavy atom. The Hall–Kier alpha value is -2.79. The Kier molecular flexibility index (Phi) is 5.63. The van der Waals surface area contributed by atoms with E-state index >= 15 is 0 Å². The number of likely N-dealkylation sites (tertiary alicyclic amines) is 1. The summed E-state index contributed by atoms with van der Waals surface area (Å²) in [6.07, 6.45) is 5.30. The highest BCUT2D eigenvalue weighted by Crippen LogP contribution is 2.21.